The fourth-order valence-corrected chi connectivity index (χ4v) is 5.38. The minimum atomic E-state index is -1.15. The molecule has 2 aromatic carbocycles. The maximum absolute atomic E-state index is 13.5. The molecule has 0 saturated carbocycles. The number of phenolic OH excluding ortho intramolecular Hbond substituents is 1. The standard InChI is InChI=1S/C31H32N2O8S/c1-5-8-16-40-21-12-9-19(10-13-21)26(35)24-25(20-11-14-22(34)23(17-20)39-7-3)33(29(37)27(24)36)31-32-18(4)28(42-31)30(38)41-15-6-2/h6,9-14,17,25,34-35H,2,5,7-8,15-16H2,1,3-4H3/t25-/m1/s1. The number of anilines is 1. The Hall–Kier alpha value is -4.64. The van der Waals surface area contributed by atoms with Crippen molar-refractivity contribution < 1.29 is 38.8 Å². The van der Waals surface area contributed by atoms with Crippen LogP contribution in [0.15, 0.2) is 60.7 Å². The second-order valence-electron chi connectivity index (χ2n) is 9.35. The van der Waals surface area contributed by atoms with Gasteiger partial charge < -0.3 is 24.4 Å². The summed E-state index contributed by atoms with van der Waals surface area (Å²) in [6.07, 6.45) is 3.31. The van der Waals surface area contributed by atoms with Gasteiger partial charge in [0.25, 0.3) is 5.78 Å². The molecule has 42 heavy (non-hydrogen) atoms. The molecular formula is C31H32N2O8S. The van der Waals surface area contributed by atoms with Crippen molar-refractivity contribution in [3.05, 3.63) is 82.4 Å². The Morgan fingerprint density at radius 2 is 1.88 bits per heavy atom. The number of Topliss-reactive ketones (excluding diaryl/α,β-unsaturated/α-hetero) is 1. The zero-order chi connectivity index (χ0) is 30.4. The lowest BCUT2D eigenvalue weighted by molar-refractivity contribution is -0.132. The van der Waals surface area contributed by atoms with Crippen molar-refractivity contribution in [3.8, 4) is 17.2 Å². The summed E-state index contributed by atoms with van der Waals surface area (Å²) in [5, 5.41) is 21.8. The SMILES string of the molecule is C=CCOC(=O)c1sc(N2C(=O)C(=O)C(=C(O)c3ccc(OCCCC)cc3)[C@H]2c2ccc(O)c(OCC)c2)nc1C. The van der Waals surface area contributed by atoms with Crippen molar-refractivity contribution in [2.75, 3.05) is 24.7 Å². The maximum Gasteiger partial charge on any atom is 0.350 e. The van der Waals surface area contributed by atoms with Crippen LogP contribution in [-0.2, 0) is 14.3 Å². The number of benzene rings is 2. The van der Waals surface area contributed by atoms with Crippen molar-refractivity contribution in [1.82, 2.24) is 4.98 Å². The Labute approximate surface area is 247 Å². The van der Waals surface area contributed by atoms with E-state index in [-0.39, 0.29) is 40.3 Å². The molecule has 4 rings (SSSR count). The highest BCUT2D eigenvalue weighted by atomic mass is 32.1. The second-order valence-corrected chi connectivity index (χ2v) is 10.3. The molecule has 2 heterocycles. The number of hydrogen-bond donors (Lipinski definition) is 2. The Morgan fingerprint density at radius 1 is 1.14 bits per heavy atom. The molecule has 0 unspecified atom stereocenters. The number of phenols is 1. The summed E-state index contributed by atoms with van der Waals surface area (Å²) >= 11 is 0.890. The largest absolute Gasteiger partial charge is 0.507 e. The number of hydrogen-bond acceptors (Lipinski definition) is 10. The number of thiazole rings is 1. The third-order valence-electron chi connectivity index (χ3n) is 6.45. The smallest absolute Gasteiger partial charge is 0.350 e. The van der Waals surface area contributed by atoms with Crippen molar-refractivity contribution in [1.29, 1.82) is 0 Å². The van der Waals surface area contributed by atoms with Gasteiger partial charge in [0.2, 0.25) is 0 Å². The van der Waals surface area contributed by atoms with Gasteiger partial charge in [0.15, 0.2) is 16.6 Å². The molecular weight excluding hydrogens is 560 g/mol. The van der Waals surface area contributed by atoms with E-state index in [1.807, 2.05) is 0 Å². The van der Waals surface area contributed by atoms with Gasteiger partial charge in [0.05, 0.1) is 30.5 Å². The van der Waals surface area contributed by atoms with E-state index in [0.29, 0.717) is 29.2 Å². The van der Waals surface area contributed by atoms with Crippen LogP contribution < -0.4 is 14.4 Å². The van der Waals surface area contributed by atoms with Gasteiger partial charge in [-0.3, -0.25) is 14.5 Å². The lowest BCUT2D eigenvalue weighted by Crippen LogP contribution is -2.29. The summed E-state index contributed by atoms with van der Waals surface area (Å²) in [6, 6.07) is 9.82. The highest BCUT2D eigenvalue weighted by Gasteiger charge is 2.48. The summed E-state index contributed by atoms with van der Waals surface area (Å²) in [5.74, 6) is -2.31. The molecule has 10 nitrogen and oxygen atoms in total. The number of nitrogens with zero attached hydrogens (tertiary/aromatic N) is 2. The predicted molar refractivity (Wildman–Crippen MR) is 158 cm³/mol. The van der Waals surface area contributed by atoms with E-state index in [1.54, 1.807) is 38.1 Å². The Morgan fingerprint density at radius 3 is 2.55 bits per heavy atom. The maximum atomic E-state index is 13.5. The van der Waals surface area contributed by atoms with E-state index in [4.69, 9.17) is 14.2 Å². The molecule has 0 spiro atoms. The Bertz CT molecular complexity index is 1530. The van der Waals surface area contributed by atoms with Gasteiger partial charge in [0.1, 0.15) is 23.0 Å². The summed E-state index contributed by atoms with van der Waals surface area (Å²) in [4.78, 5) is 45.4. The first kappa shape index (κ1) is 30.3. The number of amides is 1. The number of esters is 1. The van der Waals surface area contributed by atoms with Crippen LogP contribution in [0.3, 0.4) is 0 Å². The van der Waals surface area contributed by atoms with Gasteiger partial charge >= 0.3 is 11.9 Å². The fourth-order valence-electron chi connectivity index (χ4n) is 4.39. The number of aliphatic hydroxyl groups excluding tert-OH is 1. The molecule has 1 aliphatic heterocycles. The summed E-state index contributed by atoms with van der Waals surface area (Å²) in [6.45, 7) is 9.73. The molecule has 3 aromatic rings. The summed E-state index contributed by atoms with van der Waals surface area (Å²) in [7, 11) is 0. The first-order valence-electron chi connectivity index (χ1n) is 13.5. The highest BCUT2D eigenvalue weighted by Crippen LogP contribution is 2.45. The van der Waals surface area contributed by atoms with Gasteiger partial charge in [-0.05, 0) is 62.2 Å². The van der Waals surface area contributed by atoms with Crippen LogP contribution in [0.25, 0.3) is 5.76 Å². The number of ketones is 1. The van der Waals surface area contributed by atoms with E-state index in [0.717, 1.165) is 29.1 Å². The zero-order valence-corrected chi connectivity index (χ0v) is 24.4. The molecule has 1 atom stereocenters. The number of aryl methyl sites for hydroxylation is 1. The Balaban J connectivity index is 1.84. The third kappa shape index (κ3) is 6.15. The lowest BCUT2D eigenvalue weighted by Gasteiger charge is -2.23. The van der Waals surface area contributed by atoms with Crippen molar-refractivity contribution in [3.63, 3.8) is 0 Å². The van der Waals surface area contributed by atoms with E-state index in [9.17, 15) is 24.6 Å². The van der Waals surface area contributed by atoms with Gasteiger partial charge in [-0.1, -0.05) is 43.4 Å². The molecule has 0 radical (unpaired) electrons. The molecule has 220 valence electrons. The molecule has 11 heteroatoms. The minimum Gasteiger partial charge on any atom is -0.507 e. The van der Waals surface area contributed by atoms with Crippen LogP contribution >= 0.6 is 11.3 Å². The average molecular weight is 593 g/mol. The van der Waals surface area contributed by atoms with E-state index in [1.165, 1.54) is 24.3 Å². The molecule has 1 saturated heterocycles. The minimum absolute atomic E-state index is 0.00777. The van der Waals surface area contributed by atoms with Gasteiger partial charge in [-0.25, -0.2) is 9.78 Å². The van der Waals surface area contributed by atoms with Crippen molar-refractivity contribution >= 4 is 39.9 Å². The van der Waals surface area contributed by atoms with E-state index in [2.05, 4.69) is 18.5 Å². The number of rotatable bonds is 12. The van der Waals surface area contributed by atoms with Crippen molar-refractivity contribution in [2.45, 2.75) is 39.7 Å². The predicted octanol–water partition coefficient (Wildman–Crippen LogP) is 5.70. The van der Waals surface area contributed by atoms with Crippen LogP contribution in [0, 0.1) is 6.92 Å². The normalized spacial score (nSPS) is 16.0. The molecule has 1 amide bonds. The molecule has 1 aromatic heterocycles. The zero-order valence-electron chi connectivity index (χ0n) is 23.6. The molecule has 2 N–H and O–H groups in total. The van der Waals surface area contributed by atoms with Gasteiger partial charge in [-0.2, -0.15) is 0 Å². The quantitative estimate of drug-likeness (QED) is 0.0677. The van der Waals surface area contributed by atoms with Crippen LogP contribution in [0.2, 0.25) is 0 Å². The third-order valence-corrected chi connectivity index (χ3v) is 7.58. The Kier molecular flexibility index (Phi) is 9.64. The average Bonchev–Trinajstić information content (AvgIpc) is 3.49. The van der Waals surface area contributed by atoms with Crippen LogP contribution in [0.1, 0.15) is 59.2 Å². The van der Waals surface area contributed by atoms with Gasteiger partial charge in [-0.15, -0.1) is 0 Å². The lowest BCUT2D eigenvalue weighted by atomic mass is 9.95. The molecule has 1 aliphatic rings. The van der Waals surface area contributed by atoms with Crippen LogP contribution in [0.4, 0.5) is 5.13 Å². The van der Waals surface area contributed by atoms with Crippen molar-refractivity contribution in [2.24, 2.45) is 0 Å². The second kappa shape index (κ2) is 13.3. The number of aromatic hydroxyl groups is 1. The summed E-state index contributed by atoms with van der Waals surface area (Å²) < 4.78 is 16.4. The number of unbranched alkanes of at least 4 members (excludes halogenated alkanes) is 1. The number of carbonyl (C=O) groups excluding carboxylic acids is 3. The first-order valence-corrected chi connectivity index (χ1v) is 14.3. The fraction of sp³-hybridized carbons (Fsp3) is 0.290. The number of ether oxygens (including phenoxy) is 3. The number of carbonyl (C=O) groups is 3. The summed E-state index contributed by atoms with van der Waals surface area (Å²) in [5.41, 5.74) is 0.800. The molecule has 0 bridgehead atoms. The van der Waals surface area contributed by atoms with E-state index >= 15 is 0 Å². The van der Waals surface area contributed by atoms with E-state index < -0.39 is 29.5 Å². The number of aliphatic hydroxyl groups is 1. The molecule has 1 fully saturated rings. The van der Waals surface area contributed by atoms with Gasteiger partial charge in [0, 0.05) is 5.56 Å². The van der Waals surface area contributed by atoms with Crippen LogP contribution in [0.5, 0.6) is 17.2 Å². The monoisotopic (exact) mass is 592 g/mol. The first-order chi connectivity index (χ1) is 20.2. The highest BCUT2D eigenvalue weighted by molar-refractivity contribution is 7.17. The molecule has 0 aliphatic carbocycles. The topological polar surface area (TPSA) is 135 Å². The van der Waals surface area contributed by atoms with Crippen LogP contribution in [-0.4, -0.2) is 52.7 Å². The number of aromatic nitrogens is 1.